The van der Waals surface area contributed by atoms with E-state index in [2.05, 4.69) is 73.1 Å². The number of methoxy groups -OCH3 is 1. The number of hydrogen-bond donors (Lipinski definition) is 1. The standard InChI is InChI=1S/C28H43N3O3/c1-6-30(7-2)15-17-33-24-12-10-11-23(19-24)28-25-21-27(34-18-16-31(8-3)9-4)26(32-5)20-22(25)13-14-29-28/h10-12,19-21,28-29H,6-9,13-18H2,1-5H3. The molecule has 0 saturated carbocycles. The Morgan fingerprint density at radius 2 is 1.53 bits per heavy atom. The molecular formula is C28H43N3O3. The average Bonchev–Trinajstić information content (AvgIpc) is 2.88. The molecule has 0 spiro atoms. The van der Waals surface area contributed by atoms with Crippen LogP contribution in [0, 0.1) is 0 Å². The van der Waals surface area contributed by atoms with Crippen molar-refractivity contribution in [3.05, 3.63) is 53.1 Å². The van der Waals surface area contributed by atoms with Crippen molar-refractivity contribution in [2.45, 2.75) is 40.2 Å². The first-order valence-corrected chi connectivity index (χ1v) is 12.9. The van der Waals surface area contributed by atoms with E-state index in [9.17, 15) is 0 Å². The number of nitrogens with zero attached hydrogens (tertiary/aromatic N) is 2. The molecule has 6 heteroatoms. The van der Waals surface area contributed by atoms with Gasteiger partial charge in [-0.15, -0.1) is 0 Å². The van der Waals surface area contributed by atoms with Crippen LogP contribution in [0.3, 0.4) is 0 Å². The lowest BCUT2D eigenvalue weighted by molar-refractivity contribution is 0.217. The van der Waals surface area contributed by atoms with Crippen molar-refractivity contribution >= 4 is 0 Å². The molecule has 0 bridgehead atoms. The number of rotatable bonds is 14. The second kappa shape index (κ2) is 13.6. The number of fused-ring (bicyclic) bond motifs is 1. The summed E-state index contributed by atoms with van der Waals surface area (Å²) in [6.45, 7) is 17.0. The Morgan fingerprint density at radius 1 is 0.853 bits per heavy atom. The molecule has 3 rings (SSSR count). The van der Waals surface area contributed by atoms with Crippen LogP contribution in [0.15, 0.2) is 36.4 Å². The maximum atomic E-state index is 6.21. The topological polar surface area (TPSA) is 46.2 Å². The summed E-state index contributed by atoms with van der Waals surface area (Å²) in [6.07, 6.45) is 0.974. The molecule has 1 heterocycles. The van der Waals surface area contributed by atoms with Crippen molar-refractivity contribution in [3.8, 4) is 17.2 Å². The van der Waals surface area contributed by atoms with Crippen molar-refractivity contribution in [3.63, 3.8) is 0 Å². The minimum atomic E-state index is 0.103. The zero-order valence-electron chi connectivity index (χ0n) is 21.7. The molecule has 0 radical (unpaired) electrons. The summed E-state index contributed by atoms with van der Waals surface area (Å²) in [6, 6.07) is 12.9. The first-order valence-electron chi connectivity index (χ1n) is 12.9. The van der Waals surface area contributed by atoms with Gasteiger partial charge in [0.05, 0.1) is 13.2 Å². The van der Waals surface area contributed by atoms with Gasteiger partial charge >= 0.3 is 0 Å². The van der Waals surface area contributed by atoms with Gasteiger partial charge in [-0.2, -0.15) is 0 Å². The molecule has 1 aliphatic rings. The molecule has 1 atom stereocenters. The van der Waals surface area contributed by atoms with Crippen LogP contribution in [-0.2, 0) is 6.42 Å². The van der Waals surface area contributed by atoms with Crippen molar-refractivity contribution in [1.82, 2.24) is 15.1 Å². The molecule has 1 aliphatic heterocycles. The Hall–Kier alpha value is -2.28. The minimum absolute atomic E-state index is 0.103. The van der Waals surface area contributed by atoms with Crippen LogP contribution in [0.1, 0.15) is 50.4 Å². The van der Waals surface area contributed by atoms with Crippen LogP contribution in [0.25, 0.3) is 0 Å². The molecule has 6 nitrogen and oxygen atoms in total. The quantitative estimate of drug-likeness (QED) is 0.443. The van der Waals surface area contributed by atoms with E-state index < -0.39 is 0 Å². The summed E-state index contributed by atoms with van der Waals surface area (Å²) in [5.74, 6) is 2.55. The fourth-order valence-electron chi connectivity index (χ4n) is 4.57. The lowest BCUT2D eigenvalue weighted by Gasteiger charge is -2.29. The van der Waals surface area contributed by atoms with Gasteiger partial charge in [-0.05, 0) is 73.6 Å². The monoisotopic (exact) mass is 469 g/mol. The molecule has 0 fully saturated rings. The Bertz CT molecular complexity index is 881. The first kappa shape index (κ1) is 26.3. The van der Waals surface area contributed by atoms with E-state index in [1.54, 1.807) is 7.11 Å². The summed E-state index contributed by atoms with van der Waals surface area (Å²) in [7, 11) is 1.72. The molecule has 0 aromatic heterocycles. The van der Waals surface area contributed by atoms with Gasteiger partial charge in [0.1, 0.15) is 19.0 Å². The fourth-order valence-corrected chi connectivity index (χ4v) is 4.57. The third-order valence-corrected chi connectivity index (χ3v) is 6.80. The van der Waals surface area contributed by atoms with Crippen molar-refractivity contribution in [1.29, 1.82) is 0 Å². The Kier molecular flexibility index (Phi) is 10.5. The Morgan fingerprint density at radius 3 is 2.18 bits per heavy atom. The molecule has 0 saturated heterocycles. The summed E-state index contributed by atoms with van der Waals surface area (Å²) in [4.78, 5) is 4.74. The van der Waals surface area contributed by atoms with E-state index in [-0.39, 0.29) is 6.04 Å². The zero-order chi connectivity index (χ0) is 24.3. The predicted molar refractivity (Wildman–Crippen MR) is 140 cm³/mol. The molecule has 2 aromatic carbocycles. The molecule has 1 N–H and O–H groups in total. The van der Waals surface area contributed by atoms with E-state index in [0.29, 0.717) is 13.2 Å². The van der Waals surface area contributed by atoms with Crippen LogP contribution in [0.2, 0.25) is 0 Å². The van der Waals surface area contributed by atoms with E-state index in [0.717, 1.165) is 69.5 Å². The maximum Gasteiger partial charge on any atom is 0.161 e. The number of hydrogen-bond acceptors (Lipinski definition) is 6. The van der Waals surface area contributed by atoms with Gasteiger partial charge in [-0.25, -0.2) is 0 Å². The zero-order valence-corrected chi connectivity index (χ0v) is 21.7. The van der Waals surface area contributed by atoms with Gasteiger partial charge in [0, 0.05) is 19.6 Å². The van der Waals surface area contributed by atoms with Gasteiger partial charge in [0.25, 0.3) is 0 Å². The molecule has 34 heavy (non-hydrogen) atoms. The van der Waals surface area contributed by atoms with Gasteiger partial charge < -0.3 is 29.3 Å². The fraction of sp³-hybridized carbons (Fsp3) is 0.571. The van der Waals surface area contributed by atoms with E-state index in [1.165, 1.54) is 16.7 Å². The van der Waals surface area contributed by atoms with Crippen molar-refractivity contribution < 1.29 is 14.2 Å². The molecule has 2 aromatic rings. The molecule has 1 unspecified atom stereocenters. The van der Waals surface area contributed by atoms with E-state index in [1.807, 2.05) is 6.07 Å². The highest BCUT2D eigenvalue weighted by atomic mass is 16.5. The van der Waals surface area contributed by atoms with Crippen molar-refractivity contribution in [2.75, 3.05) is 66.1 Å². The lowest BCUT2D eigenvalue weighted by atomic mass is 9.89. The average molecular weight is 470 g/mol. The van der Waals surface area contributed by atoms with Crippen LogP contribution < -0.4 is 19.5 Å². The van der Waals surface area contributed by atoms with Crippen molar-refractivity contribution in [2.24, 2.45) is 0 Å². The van der Waals surface area contributed by atoms with Gasteiger partial charge in [0.15, 0.2) is 11.5 Å². The highest BCUT2D eigenvalue weighted by molar-refractivity contribution is 5.52. The number of benzene rings is 2. The number of ether oxygens (including phenoxy) is 3. The summed E-state index contributed by atoms with van der Waals surface area (Å²) >= 11 is 0. The molecule has 0 aliphatic carbocycles. The second-order valence-electron chi connectivity index (χ2n) is 8.66. The normalized spacial score (nSPS) is 15.4. The maximum absolute atomic E-state index is 6.21. The third-order valence-electron chi connectivity index (χ3n) is 6.80. The van der Waals surface area contributed by atoms with Crippen LogP contribution in [-0.4, -0.2) is 75.9 Å². The summed E-state index contributed by atoms with van der Waals surface area (Å²) in [5, 5.41) is 3.70. The largest absolute Gasteiger partial charge is 0.493 e. The molecule has 0 amide bonds. The van der Waals surface area contributed by atoms with E-state index >= 15 is 0 Å². The number of likely N-dealkylation sites (N-methyl/N-ethyl adjacent to an activating group) is 2. The van der Waals surface area contributed by atoms with Gasteiger partial charge in [-0.3, -0.25) is 0 Å². The highest BCUT2D eigenvalue weighted by Gasteiger charge is 2.24. The van der Waals surface area contributed by atoms with Crippen LogP contribution in [0.4, 0.5) is 0 Å². The SMILES string of the molecule is CCN(CC)CCOc1cccc(C2NCCc3cc(OC)c(OCCN(CC)CC)cc32)c1. The Labute approximate surface area is 206 Å². The predicted octanol–water partition coefficient (Wildman–Crippen LogP) is 4.37. The second-order valence-corrected chi connectivity index (χ2v) is 8.66. The highest BCUT2D eigenvalue weighted by Crippen LogP contribution is 2.38. The molecular weight excluding hydrogens is 426 g/mol. The third kappa shape index (κ3) is 6.87. The Balaban J connectivity index is 1.76. The summed E-state index contributed by atoms with van der Waals surface area (Å²) < 4.78 is 18.0. The van der Waals surface area contributed by atoms with Crippen LogP contribution >= 0.6 is 0 Å². The number of nitrogens with one attached hydrogen (secondary N) is 1. The minimum Gasteiger partial charge on any atom is -0.493 e. The molecule has 188 valence electrons. The smallest absolute Gasteiger partial charge is 0.161 e. The summed E-state index contributed by atoms with van der Waals surface area (Å²) in [5.41, 5.74) is 3.77. The van der Waals surface area contributed by atoms with Gasteiger partial charge in [0.2, 0.25) is 0 Å². The van der Waals surface area contributed by atoms with Crippen LogP contribution in [0.5, 0.6) is 17.2 Å². The lowest BCUT2D eigenvalue weighted by Crippen LogP contribution is -2.31. The van der Waals surface area contributed by atoms with Gasteiger partial charge in [-0.1, -0.05) is 39.8 Å². The first-order chi connectivity index (χ1) is 16.6. The van der Waals surface area contributed by atoms with E-state index in [4.69, 9.17) is 14.2 Å².